The van der Waals surface area contributed by atoms with Gasteiger partial charge in [0.25, 0.3) is 0 Å². The van der Waals surface area contributed by atoms with Crippen LogP contribution in [0.15, 0.2) is 30.6 Å². The molecule has 0 aliphatic rings. The maximum atomic E-state index is 4.06. The molecule has 0 amide bonds. The number of imidazole rings is 1. The zero-order chi connectivity index (χ0) is 8.81. The Kier molecular flexibility index (Phi) is 3.67. The third-order valence-electron chi connectivity index (χ3n) is 1.33. The van der Waals surface area contributed by atoms with Crippen molar-refractivity contribution in [2.24, 2.45) is 0 Å². The molecular weight excluding hydrogens is 168 g/mol. The van der Waals surface area contributed by atoms with Gasteiger partial charge in [0.15, 0.2) is 0 Å². The van der Waals surface area contributed by atoms with Crippen molar-refractivity contribution in [2.45, 2.75) is 6.92 Å². The topological polar surface area (TPSA) is 28.7 Å². The van der Waals surface area contributed by atoms with Crippen LogP contribution in [0.4, 0.5) is 0 Å². The summed E-state index contributed by atoms with van der Waals surface area (Å²) in [5, 5.41) is 0. The van der Waals surface area contributed by atoms with Crippen LogP contribution in [0, 0.1) is 0 Å². The second-order valence-electron chi connectivity index (χ2n) is 2.24. The van der Waals surface area contributed by atoms with Crippen LogP contribution in [0.25, 0.3) is 11.0 Å². The molecule has 64 valence electrons. The molecule has 0 atom stereocenters. The van der Waals surface area contributed by atoms with Crippen LogP contribution in [0.3, 0.4) is 0 Å². The number of fused-ring (bicyclic) bond motifs is 1. The first-order chi connectivity index (χ1) is 5.88. The first kappa shape index (κ1) is 9.13. The highest BCUT2D eigenvalue weighted by Gasteiger charge is 1.88. The number of H-pyrrole nitrogens is 1. The van der Waals surface area contributed by atoms with E-state index in [0.717, 1.165) is 16.8 Å². The van der Waals surface area contributed by atoms with Gasteiger partial charge in [-0.15, -0.1) is 0 Å². The zero-order valence-corrected chi connectivity index (χ0v) is 7.88. The van der Waals surface area contributed by atoms with Crippen LogP contribution >= 0.6 is 12.6 Å². The molecule has 12 heavy (non-hydrogen) atoms. The van der Waals surface area contributed by atoms with E-state index in [4.69, 9.17) is 0 Å². The summed E-state index contributed by atoms with van der Waals surface area (Å²) in [7, 11) is 0. The van der Waals surface area contributed by atoms with E-state index in [0.29, 0.717) is 0 Å². The van der Waals surface area contributed by atoms with Crippen molar-refractivity contribution < 1.29 is 0 Å². The maximum absolute atomic E-state index is 4.06. The fraction of sp³-hybridized carbons (Fsp3) is 0.222. The predicted molar refractivity (Wildman–Crippen MR) is 55.6 cm³/mol. The molecule has 2 aromatic rings. The lowest BCUT2D eigenvalue weighted by atomic mass is 10.3. The number of nitrogens with zero attached hydrogens (tertiary/aromatic N) is 1. The van der Waals surface area contributed by atoms with Crippen molar-refractivity contribution in [2.75, 3.05) is 5.75 Å². The van der Waals surface area contributed by atoms with E-state index >= 15 is 0 Å². The number of para-hydroxylation sites is 2. The van der Waals surface area contributed by atoms with Gasteiger partial charge in [0.05, 0.1) is 17.4 Å². The van der Waals surface area contributed by atoms with Gasteiger partial charge in [-0.3, -0.25) is 0 Å². The molecule has 0 unspecified atom stereocenters. The van der Waals surface area contributed by atoms with Gasteiger partial charge in [0, 0.05) is 0 Å². The van der Waals surface area contributed by atoms with E-state index < -0.39 is 0 Å². The van der Waals surface area contributed by atoms with E-state index in [2.05, 4.69) is 22.6 Å². The Morgan fingerprint density at radius 1 is 1.42 bits per heavy atom. The summed E-state index contributed by atoms with van der Waals surface area (Å²) < 4.78 is 0. The lowest BCUT2D eigenvalue weighted by Crippen LogP contribution is -1.63. The molecule has 0 aliphatic heterocycles. The van der Waals surface area contributed by atoms with Crippen molar-refractivity contribution in [1.29, 1.82) is 0 Å². The van der Waals surface area contributed by atoms with Gasteiger partial charge in [-0.05, 0) is 17.9 Å². The normalized spacial score (nSPS) is 9.17. The lowest BCUT2D eigenvalue weighted by molar-refractivity contribution is 1.34. The standard InChI is InChI=1S/C7H6N2.C2H6S/c1-2-4-7-6(3-1)8-5-9-7;1-2-3/h1-5H,(H,8,9);3H,2H2,1H3. The molecule has 1 heterocycles. The van der Waals surface area contributed by atoms with Crippen LogP contribution in [-0.2, 0) is 0 Å². The number of rotatable bonds is 0. The largest absolute Gasteiger partial charge is 0.345 e. The molecule has 2 rings (SSSR count). The van der Waals surface area contributed by atoms with Gasteiger partial charge in [0.1, 0.15) is 0 Å². The Labute approximate surface area is 77.4 Å². The Balaban J connectivity index is 0.000000213. The van der Waals surface area contributed by atoms with Crippen molar-refractivity contribution in [1.82, 2.24) is 9.97 Å². The van der Waals surface area contributed by atoms with Crippen molar-refractivity contribution in [3.05, 3.63) is 30.6 Å². The third-order valence-corrected chi connectivity index (χ3v) is 1.33. The number of benzene rings is 1. The Morgan fingerprint density at radius 3 is 2.75 bits per heavy atom. The molecule has 3 heteroatoms. The number of aromatic amines is 1. The van der Waals surface area contributed by atoms with Gasteiger partial charge in [-0.1, -0.05) is 19.1 Å². The van der Waals surface area contributed by atoms with Crippen LogP contribution in [-0.4, -0.2) is 15.7 Å². The van der Waals surface area contributed by atoms with Crippen molar-refractivity contribution in [3.8, 4) is 0 Å². The molecule has 0 aliphatic carbocycles. The summed E-state index contributed by atoms with van der Waals surface area (Å²) >= 11 is 3.79. The third kappa shape index (κ3) is 2.27. The van der Waals surface area contributed by atoms with Crippen LogP contribution < -0.4 is 0 Å². The summed E-state index contributed by atoms with van der Waals surface area (Å²) in [5.41, 5.74) is 2.12. The average Bonchev–Trinajstić information content (AvgIpc) is 2.52. The van der Waals surface area contributed by atoms with Gasteiger partial charge in [-0.25, -0.2) is 4.98 Å². The molecule has 0 fully saturated rings. The molecular formula is C9H12N2S. The Hall–Kier alpha value is -0.960. The minimum absolute atomic E-state index is 0.944. The van der Waals surface area contributed by atoms with E-state index in [1.165, 1.54) is 0 Å². The lowest BCUT2D eigenvalue weighted by Gasteiger charge is -1.81. The van der Waals surface area contributed by atoms with E-state index in [9.17, 15) is 0 Å². The molecule has 0 bridgehead atoms. The SMILES string of the molecule is CCS.c1ccc2[nH]cnc2c1. The highest BCUT2D eigenvalue weighted by Crippen LogP contribution is 2.05. The fourth-order valence-electron chi connectivity index (χ4n) is 0.880. The van der Waals surface area contributed by atoms with Crippen LogP contribution in [0.5, 0.6) is 0 Å². The molecule has 1 aromatic carbocycles. The first-order valence-electron chi connectivity index (χ1n) is 3.87. The summed E-state index contributed by atoms with van der Waals surface area (Å²) in [6.07, 6.45) is 1.70. The highest BCUT2D eigenvalue weighted by molar-refractivity contribution is 7.80. The monoisotopic (exact) mass is 180 g/mol. The highest BCUT2D eigenvalue weighted by atomic mass is 32.1. The van der Waals surface area contributed by atoms with E-state index in [1.807, 2.05) is 31.2 Å². The van der Waals surface area contributed by atoms with Gasteiger partial charge >= 0.3 is 0 Å². The summed E-state index contributed by atoms with van der Waals surface area (Å²) in [5.74, 6) is 0.944. The summed E-state index contributed by atoms with van der Waals surface area (Å²) in [6.45, 7) is 1.99. The summed E-state index contributed by atoms with van der Waals surface area (Å²) in [6, 6.07) is 7.94. The van der Waals surface area contributed by atoms with Crippen LogP contribution in [0.1, 0.15) is 6.92 Å². The molecule has 0 saturated heterocycles. The molecule has 2 nitrogen and oxygen atoms in total. The fourth-order valence-corrected chi connectivity index (χ4v) is 0.880. The second-order valence-corrected chi connectivity index (χ2v) is 2.87. The smallest absolute Gasteiger partial charge is 0.0931 e. The Morgan fingerprint density at radius 2 is 2.08 bits per heavy atom. The first-order valence-corrected chi connectivity index (χ1v) is 4.50. The molecule has 1 aromatic heterocycles. The van der Waals surface area contributed by atoms with Gasteiger partial charge < -0.3 is 4.98 Å². The number of thiol groups is 1. The summed E-state index contributed by atoms with van der Waals surface area (Å²) in [4.78, 5) is 7.07. The van der Waals surface area contributed by atoms with Gasteiger partial charge in [-0.2, -0.15) is 12.6 Å². The predicted octanol–water partition coefficient (Wildman–Crippen LogP) is 2.50. The number of hydrogen-bond donors (Lipinski definition) is 2. The van der Waals surface area contributed by atoms with E-state index in [-0.39, 0.29) is 0 Å². The molecule has 0 saturated carbocycles. The van der Waals surface area contributed by atoms with Crippen molar-refractivity contribution >= 4 is 23.7 Å². The molecule has 1 N–H and O–H groups in total. The Bertz CT molecular complexity index is 300. The quantitative estimate of drug-likeness (QED) is 0.599. The average molecular weight is 180 g/mol. The second kappa shape index (κ2) is 4.83. The van der Waals surface area contributed by atoms with Gasteiger partial charge in [0.2, 0.25) is 0 Å². The van der Waals surface area contributed by atoms with Crippen molar-refractivity contribution in [3.63, 3.8) is 0 Å². The molecule has 0 spiro atoms. The number of nitrogens with one attached hydrogen (secondary N) is 1. The minimum atomic E-state index is 0.944. The molecule has 0 radical (unpaired) electrons. The van der Waals surface area contributed by atoms with Crippen LogP contribution in [0.2, 0.25) is 0 Å². The number of hydrogen-bond acceptors (Lipinski definition) is 2. The van der Waals surface area contributed by atoms with E-state index in [1.54, 1.807) is 6.33 Å². The zero-order valence-electron chi connectivity index (χ0n) is 6.99. The number of aromatic nitrogens is 2. The maximum Gasteiger partial charge on any atom is 0.0931 e. The minimum Gasteiger partial charge on any atom is -0.345 e.